The normalized spacial score (nSPS) is 10.4. The van der Waals surface area contributed by atoms with Crippen molar-refractivity contribution in [3.8, 4) is 0 Å². The first-order valence-corrected chi connectivity index (χ1v) is 6.58. The summed E-state index contributed by atoms with van der Waals surface area (Å²) >= 11 is 0. The number of fused-ring (bicyclic) bond motifs is 1. The fourth-order valence-corrected chi connectivity index (χ4v) is 2.42. The monoisotopic (exact) mass is 345 g/mol. The van der Waals surface area contributed by atoms with Gasteiger partial charge in [0.05, 0.1) is 5.39 Å². The maximum absolute atomic E-state index is 12.2. The molecule has 4 nitrogen and oxygen atoms in total. The molecule has 0 saturated carbocycles. The van der Waals surface area contributed by atoms with E-state index in [-0.39, 0.29) is 29.3 Å². The molecule has 5 heteroatoms. The van der Waals surface area contributed by atoms with Crippen molar-refractivity contribution in [3.63, 3.8) is 0 Å². The number of hydrogen-bond acceptors (Lipinski definition) is 2. The van der Waals surface area contributed by atoms with E-state index >= 15 is 0 Å². The van der Waals surface area contributed by atoms with Gasteiger partial charge in [-0.2, -0.15) is 0 Å². The first-order chi connectivity index (χ1) is 9.65. The molecular weight excluding hydrogens is 330 g/mol. The predicted molar refractivity (Wildman–Crippen MR) is 76.5 cm³/mol. The third-order valence-electron chi connectivity index (χ3n) is 3.49. The molecule has 21 heavy (non-hydrogen) atoms. The minimum Gasteiger partial charge on any atom is -1.00 e. The Kier molecular flexibility index (Phi) is 4.53. The van der Waals surface area contributed by atoms with Crippen molar-refractivity contribution in [2.45, 2.75) is 20.4 Å². The summed E-state index contributed by atoms with van der Waals surface area (Å²) in [6.07, 6.45) is 3.74. The first kappa shape index (κ1) is 15.4. The number of aromatic nitrogens is 3. The molecule has 0 aliphatic rings. The number of benzene rings is 1. The number of rotatable bonds is 3. The van der Waals surface area contributed by atoms with Crippen molar-refractivity contribution >= 4 is 16.6 Å². The molecule has 0 unspecified atom stereocenters. The Morgan fingerprint density at radius 2 is 1.81 bits per heavy atom. The van der Waals surface area contributed by atoms with Gasteiger partial charge in [0.2, 0.25) is 18.5 Å². The second-order valence-electron chi connectivity index (χ2n) is 4.96. The minimum atomic E-state index is 0. The Labute approximate surface area is 133 Å². The van der Waals surface area contributed by atoms with Gasteiger partial charge in [-0.15, -0.1) is 0 Å². The number of H-pyrrole nitrogens is 1. The van der Waals surface area contributed by atoms with Gasteiger partial charge in [-0.1, -0.05) is 35.0 Å². The molecule has 2 aromatic heterocycles. The Balaban J connectivity index is 0.00000161. The van der Waals surface area contributed by atoms with Crippen LogP contribution < -0.4 is 21.7 Å². The minimum absolute atomic E-state index is 0. The average molecular weight is 346 g/mol. The van der Waals surface area contributed by atoms with Gasteiger partial charge in [-0.05, 0) is 18.9 Å². The van der Waals surface area contributed by atoms with Gasteiger partial charge in [-0.25, -0.2) is 0 Å². The molecule has 3 rings (SSSR count). The van der Waals surface area contributed by atoms with Crippen LogP contribution in [0.4, 0.5) is 0 Å². The van der Waals surface area contributed by atoms with Gasteiger partial charge in [-0.3, -0.25) is 4.79 Å². The van der Waals surface area contributed by atoms with Crippen molar-refractivity contribution in [3.05, 3.63) is 59.7 Å². The van der Waals surface area contributed by atoms with Crippen molar-refractivity contribution in [2.75, 3.05) is 0 Å². The molecule has 0 saturated heterocycles. The van der Waals surface area contributed by atoms with Crippen LogP contribution in [-0.4, -0.2) is 15.9 Å². The summed E-state index contributed by atoms with van der Waals surface area (Å²) in [5, 5.41) is 6.53. The molecule has 0 fully saturated rings. The SMILES string of the molecule is Cc1[nH]c(C)c2c[n+](CC(=O)c3ccccc3)ncc12.[Br-]. The lowest BCUT2D eigenvalue weighted by molar-refractivity contribution is -0.740. The van der Waals surface area contributed by atoms with E-state index < -0.39 is 0 Å². The van der Waals surface area contributed by atoms with Crippen LogP contribution in [0.2, 0.25) is 0 Å². The number of carbonyl (C=O) groups excluding carboxylic acids is 1. The third kappa shape index (κ3) is 3.03. The number of Topliss-reactive ketones (excluding diaryl/α,β-unsaturated/α-hetero) is 1. The summed E-state index contributed by atoms with van der Waals surface area (Å²) in [5.74, 6) is 0.0624. The van der Waals surface area contributed by atoms with E-state index in [0.717, 1.165) is 22.2 Å². The van der Waals surface area contributed by atoms with Crippen LogP contribution in [0.15, 0.2) is 42.7 Å². The number of halogens is 1. The van der Waals surface area contributed by atoms with Crippen molar-refractivity contribution in [1.29, 1.82) is 0 Å². The van der Waals surface area contributed by atoms with Crippen molar-refractivity contribution in [1.82, 2.24) is 10.1 Å². The molecule has 0 aliphatic carbocycles. The Morgan fingerprint density at radius 1 is 1.14 bits per heavy atom. The van der Waals surface area contributed by atoms with Crippen LogP contribution in [0.3, 0.4) is 0 Å². The molecule has 3 aromatic rings. The highest BCUT2D eigenvalue weighted by Crippen LogP contribution is 2.18. The molecule has 2 heterocycles. The van der Waals surface area contributed by atoms with Crippen LogP contribution in [0, 0.1) is 13.8 Å². The molecular formula is C16H16BrN3O. The number of hydrogen-bond donors (Lipinski definition) is 1. The van der Waals surface area contributed by atoms with E-state index in [4.69, 9.17) is 0 Å². The van der Waals surface area contributed by atoms with Gasteiger partial charge >= 0.3 is 0 Å². The topological polar surface area (TPSA) is 49.6 Å². The summed E-state index contributed by atoms with van der Waals surface area (Å²) in [7, 11) is 0. The molecule has 108 valence electrons. The number of aromatic amines is 1. The molecule has 0 aliphatic heterocycles. The van der Waals surface area contributed by atoms with Crippen LogP contribution in [0.1, 0.15) is 21.7 Å². The highest BCUT2D eigenvalue weighted by atomic mass is 79.9. The number of aryl methyl sites for hydroxylation is 2. The van der Waals surface area contributed by atoms with Gasteiger partial charge < -0.3 is 22.0 Å². The number of carbonyl (C=O) groups is 1. The number of nitrogens with zero attached hydrogens (tertiary/aromatic N) is 2. The summed E-state index contributed by atoms with van der Waals surface area (Å²) in [4.78, 5) is 15.5. The van der Waals surface area contributed by atoms with Crippen LogP contribution in [-0.2, 0) is 6.54 Å². The van der Waals surface area contributed by atoms with Crippen LogP contribution in [0.25, 0.3) is 10.8 Å². The Bertz CT molecular complexity index is 781. The zero-order valence-electron chi connectivity index (χ0n) is 11.9. The lowest BCUT2D eigenvalue weighted by Crippen LogP contribution is -3.00. The molecule has 0 spiro atoms. The van der Waals surface area contributed by atoms with Crippen molar-refractivity contribution < 1.29 is 26.5 Å². The number of nitrogens with one attached hydrogen (secondary N) is 1. The summed E-state index contributed by atoms with van der Waals surface area (Å²) in [6, 6.07) is 9.29. The molecule has 1 aromatic carbocycles. The smallest absolute Gasteiger partial charge is 0.236 e. The van der Waals surface area contributed by atoms with E-state index in [1.807, 2.05) is 56.6 Å². The third-order valence-corrected chi connectivity index (χ3v) is 3.49. The van der Waals surface area contributed by atoms with E-state index in [0.29, 0.717) is 5.56 Å². The van der Waals surface area contributed by atoms with Crippen LogP contribution >= 0.6 is 0 Å². The summed E-state index contributed by atoms with van der Waals surface area (Å²) in [6.45, 7) is 4.30. The van der Waals surface area contributed by atoms with Crippen LogP contribution in [0.5, 0.6) is 0 Å². The zero-order chi connectivity index (χ0) is 14.1. The van der Waals surface area contributed by atoms with Gasteiger partial charge in [0, 0.05) is 22.3 Å². The van der Waals surface area contributed by atoms with E-state index in [1.165, 1.54) is 0 Å². The van der Waals surface area contributed by atoms with Gasteiger partial charge in [0.15, 0.2) is 0 Å². The standard InChI is InChI=1S/C16H15N3O.BrH/c1-11-14-8-17-19(9-15(14)12(2)18-11)10-16(20)13-6-4-3-5-7-13;/h3-9H,10H2,1-2H3;1H. The van der Waals surface area contributed by atoms with Crippen molar-refractivity contribution in [2.24, 2.45) is 0 Å². The number of ketones is 1. The predicted octanol–water partition coefficient (Wildman–Crippen LogP) is -0.646. The summed E-state index contributed by atoms with van der Waals surface area (Å²) < 4.78 is 1.69. The molecule has 1 N–H and O–H groups in total. The van der Waals surface area contributed by atoms with E-state index in [9.17, 15) is 4.79 Å². The second kappa shape index (κ2) is 6.18. The van der Waals surface area contributed by atoms with E-state index in [1.54, 1.807) is 4.68 Å². The lowest BCUT2D eigenvalue weighted by atomic mass is 10.1. The summed E-state index contributed by atoms with van der Waals surface area (Å²) in [5.41, 5.74) is 2.91. The molecule has 0 atom stereocenters. The highest BCUT2D eigenvalue weighted by Gasteiger charge is 2.16. The van der Waals surface area contributed by atoms with Gasteiger partial charge in [0.1, 0.15) is 6.20 Å². The maximum Gasteiger partial charge on any atom is 0.236 e. The molecule has 0 radical (unpaired) electrons. The Hall–Kier alpha value is -2.01. The van der Waals surface area contributed by atoms with Gasteiger partial charge in [0.25, 0.3) is 0 Å². The second-order valence-corrected chi connectivity index (χ2v) is 4.96. The lowest BCUT2D eigenvalue weighted by Gasteiger charge is -1.97. The maximum atomic E-state index is 12.2. The quantitative estimate of drug-likeness (QED) is 0.506. The van der Waals surface area contributed by atoms with E-state index in [2.05, 4.69) is 10.1 Å². The first-order valence-electron chi connectivity index (χ1n) is 6.58. The highest BCUT2D eigenvalue weighted by molar-refractivity contribution is 5.95. The fraction of sp³-hybridized carbons (Fsp3) is 0.188. The Morgan fingerprint density at radius 3 is 2.52 bits per heavy atom. The molecule has 0 bridgehead atoms. The molecule has 0 amide bonds. The average Bonchev–Trinajstić information content (AvgIpc) is 2.75. The largest absolute Gasteiger partial charge is 1.00 e. The zero-order valence-corrected chi connectivity index (χ0v) is 13.5. The fourth-order valence-electron chi connectivity index (χ4n) is 2.42.